The van der Waals surface area contributed by atoms with Crippen molar-refractivity contribution in [3.63, 3.8) is 0 Å². The van der Waals surface area contributed by atoms with Gasteiger partial charge in [0.25, 0.3) is 0 Å². The fourth-order valence-corrected chi connectivity index (χ4v) is 2.28. The summed E-state index contributed by atoms with van der Waals surface area (Å²) in [6.07, 6.45) is 0. The third-order valence-corrected chi connectivity index (χ3v) is 3.49. The van der Waals surface area contributed by atoms with Crippen LogP contribution >= 0.6 is 0 Å². The van der Waals surface area contributed by atoms with Crippen LogP contribution in [0.1, 0.15) is 20.8 Å². The minimum atomic E-state index is 0.332. The molecule has 0 N–H and O–H groups in total. The van der Waals surface area contributed by atoms with Crippen molar-refractivity contribution in [2.45, 2.75) is 20.8 Å². The zero-order valence-corrected chi connectivity index (χ0v) is 12.5. The number of ether oxygens (including phenoxy) is 3. The third-order valence-electron chi connectivity index (χ3n) is 3.49. The molecule has 1 aliphatic heterocycles. The van der Waals surface area contributed by atoms with Gasteiger partial charge in [-0.2, -0.15) is 0 Å². The number of hydrogen-bond acceptors (Lipinski definition) is 6. The zero-order valence-electron chi connectivity index (χ0n) is 12.5. The predicted molar refractivity (Wildman–Crippen MR) is 75.1 cm³/mol. The lowest BCUT2D eigenvalue weighted by Gasteiger charge is -2.37. The van der Waals surface area contributed by atoms with Crippen LogP contribution in [0.5, 0.6) is 12.0 Å². The number of quaternary nitrogens is 1. The Bertz CT molecular complexity index is 411. The highest BCUT2D eigenvalue weighted by Crippen LogP contribution is 2.24. The minimum absolute atomic E-state index is 0.332. The van der Waals surface area contributed by atoms with E-state index in [2.05, 4.69) is 21.9 Å². The van der Waals surface area contributed by atoms with Gasteiger partial charge in [-0.25, -0.2) is 0 Å². The van der Waals surface area contributed by atoms with E-state index in [1.807, 2.05) is 13.8 Å². The number of hydrogen-bond donors (Lipinski definition) is 0. The van der Waals surface area contributed by atoms with Crippen molar-refractivity contribution >= 4 is 5.95 Å². The molecule has 0 bridgehead atoms. The number of nitrogens with zero attached hydrogens (tertiary/aromatic N) is 4. The van der Waals surface area contributed by atoms with E-state index >= 15 is 0 Å². The van der Waals surface area contributed by atoms with Crippen molar-refractivity contribution in [2.24, 2.45) is 0 Å². The summed E-state index contributed by atoms with van der Waals surface area (Å²) in [5, 5.41) is 0. The van der Waals surface area contributed by atoms with Crippen LogP contribution in [0, 0.1) is 0 Å². The largest absolute Gasteiger partial charge is 0.463 e. The van der Waals surface area contributed by atoms with Crippen LogP contribution in [0.2, 0.25) is 0 Å². The van der Waals surface area contributed by atoms with Gasteiger partial charge >= 0.3 is 18.0 Å². The fourth-order valence-electron chi connectivity index (χ4n) is 2.28. The lowest BCUT2D eigenvalue weighted by molar-refractivity contribution is 0.0390. The smallest absolute Gasteiger partial charge is 0.338 e. The first-order chi connectivity index (χ1) is 9.74. The quantitative estimate of drug-likeness (QED) is 0.726. The Hall–Kier alpha value is -1.47. The standard InChI is InChI=1S/C13H23N4O3/c1-4-17(7-9-18-10-8-17)11-14-12(19-5-2)16-13(15-11)20-6-3/h4-10H2,1-3H3/q+1. The molecule has 1 aliphatic rings. The predicted octanol–water partition coefficient (Wildman–Crippen LogP) is 1.03. The van der Waals surface area contributed by atoms with E-state index in [-0.39, 0.29) is 0 Å². The summed E-state index contributed by atoms with van der Waals surface area (Å²) >= 11 is 0. The monoisotopic (exact) mass is 283 g/mol. The van der Waals surface area contributed by atoms with E-state index in [1.54, 1.807) is 0 Å². The molecule has 0 unspecified atom stereocenters. The highest BCUT2D eigenvalue weighted by atomic mass is 16.5. The van der Waals surface area contributed by atoms with Gasteiger partial charge in [0.15, 0.2) is 0 Å². The maximum atomic E-state index is 5.45. The van der Waals surface area contributed by atoms with Gasteiger partial charge in [0.05, 0.1) is 33.0 Å². The third kappa shape index (κ3) is 3.16. The number of likely N-dealkylation sites (N-methyl/N-ethyl adjacent to an activating group) is 1. The first kappa shape index (κ1) is 14.9. The van der Waals surface area contributed by atoms with Gasteiger partial charge in [0, 0.05) is 0 Å². The van der Waals surface area contributed by atoms with Crippen LogP contribution in [0.15, 0.2) is 0 Å². The van der Waals surface area contributed by atoms with Crippen molar-refractivity contribution in [3.05, 3.63) is 0 Å². The average Bonchev–Trinajstić information content (AvgIpc) is 2.48. The molecule has 0 atom stereocenters. The maximum Gasteiger partial charge on any atom is 0.338 e. The van der Waals surface area contributed by atoms with E-state index < -0.39 is 0 Å². The highest BCUT2D eigenvalue weighted by Gasteiger charge is 2.35. The molecule has 0 amide bonds. The lowest BCUT2D eigenvalue weighted by Crippen LogP contribution is -2.57. The Morgan fingerprint density at radius 2 is 1.50 bits per heavy atom. The van der Waals surface area contributed by atoms with Crippen LogP contribution in [0.3, 0.4) is 0 Å². The van der Waals surface area contributed by atoms with E-state index in [1.165, 1.54) is 0 Å². The molecule has 20 heavy (non-hydrogen) atoms. The second-order valence-electron chi connectivity index (χ2n) is 4.59. The summed E-state index contributed by atoms with van der Waals surface area (Å²) in [6.45, 7) is 11.0. The van der Waals surface area contributed by atoms with Gasteiger partial charge in [-0.1, -0.05) is 0 Å². The topological polar surface area (TPSA) is 66.4 Å². The SMILES string of the molecule is CCOc1nc(OCC)nc([N+]2(CC)CCOCC2)n1. The Balaban J connectivity index is 2.36. The van der Waals surface area contributed by atoms with E-state index in [4.69, 9.17) is 14.2 Å². The Kier molecular flexibility index (Phi) is 5.08. The molecule has 1 saturated heterocycles. The molecule has 0 radical (unpaired) electrons. The molecule has 7 heteroatoms. The molecule has 0 saturated carbocycles. The summed E-state index contributed by atoms with van der Waals surface area (Å²) in [5.41, 5.74) is 0. The molecule has 1 fully saturated rings. The zero-order chi connectivity index (χ0) is 14.4. The second-order valence-corrected chi connectivity index (χ2v) is 4.59. The molecule has 2 rings (SSSR count). The molecule has 112 valence electrons. The van der Waals surface area contributed by atoms with Crippen LogP contribution in [-0.4, -0.2) is 61.0 Å². The normalized spacial score (nSPS) is 17.8. The molecule has 7 nitrogen and oxygen atoms in total. The van der Waals surface area contributed by atoms with Crippen LogP contribution in [0.4, 0.5) is 5.95 Å². The van der Waals surface area contributed by atoms with Crippen molar-refractivity contribution in [3.8, 4) is 12.0 Å². The van der Waals surface area contributed by atoms with Gasteiger partial charge in [-0.15, -0.1) is 15.0 Å². The maximum absolute atomic E-state index is 5.45. The van der Waals surface area contributed by atoms with Gasteiger partial charge in [0.2, 0.25) is 0 Å². The molecule has 0 aliphatic carbocycles. The van der Waals surface area contributed by atoms with Gasteiger partial charge in [0.1, 0.15) is 13.1 Å². The minimum Gasteiger partial charge on any atom is -0.463 e. The van der Waals surface area contributed by atoms with Crippen LogP contribution in [0.25, 0.3) is 0 Å². The lowest BCUT2D eigenvalue weighted by atomic mass is 10.3. The molecular formula is C13H23N4O3+. The molecule has 1 aromatic heterocycles. The number of rotatable bonds is 6. The molecule has 1 aromatic rings. The number of morpholine rings is 1. The Morgan fingerprint density at radius 3 is 1.95 bits per heavy atom. The molecule has 0 aromatic carbocycles. The first-order valence-electron chi connectivity index (χ1n) is 7.20. The van der Waals surface area contributed by atoms with Gasteiger partial charge < -0.3 is 14.2 Å². The van der Waals surface area contributed by atoms with Crippen molar-refractivity contribution < 1.29 is 14.2 Å². The van der Waals surface area contributed by atoms with E-state index in [0.717, 1.165) is 19.6 Å². The summed E-state index contributed by atoms with van der Waals surface area (Å²) < 4.78 is 17.0. The fraction of sp³-hybridized carbons (Fsp3) is 0.769. The summed E-state index contributed by atoms with van der Waals surface area (Å²) in [5.74, 6) is 0.706. The number of aromatic nitrogens is 3. The first-order valence-corrected chi connectivity index (χ1v) is 7.20. The molecular weight excluding hydrogens is 260 g/mol. The summed E-state index contributed by atoms with van der Waals surface area (Å²) in [4.78, 5) is 13.1. The molecule has 0 spiro atoms. The van der Waals surface area contributed by atoms with E-state index in [9.17, 15) is 0 Å². The Labute approximate surface area is 119 Å². The Morgan fingerprint density at radius 1 is 0.950 bits per heavy atom. The highest BCUT2D eigenvalue weighted by molar-refractivity contribution is 5.29. The second kappa shape index (κ2) is 6.81. The van der Waals surface area contributed by atoms with Gasteiger partial charge in [-0.3, -0.25) is 4.48 Å². The van der Waals surface area contributed by atoms with Crippen LogP contribution < -0.4 is 14.0 Å². The van der Waals surface area contributed by atoms with Crippen LogP contribution in [-0.2, 0) is 4.74 Å². The summed E-state index contributed by atoms with van der Waals surface area (Å²) in [7, 11) is 0. The van der Waals surface area contributed by atoms with E-state index in [0.29, 0.717) is 48.9 Å². The van der Waals surface area contributed by atoms with Crippen molar-refractivity contribution in [1.29, 1.82) is 0 Å². The average molecular weight is 283 g/mol. The summed E-state index contributed by atoms with van der Waals surface area (Å²) in [6, 6.07) is 0.664. The van der Waals surface area contributed by atoms with Crippen molar-refractivity contribution in [1.82, 2.24) is 19.4 Å². The van der Waals surface area contributed by atoms with Crippen molar-refractivity contribution in [2.75, 3.05) is 46.1 Å². The van der Waals surface area contributed by atoms with Gasteiger partial charge in [-0.05, 0) is 20.8 Å². The molecule has 2 heterocycles.